The van der Waals surface area contributed by atoms with Crippen molar-refractivity contribution in [2.75, 3.05) is 7.11 Å². The molecule has 0 bridgehead atoms. The topological polar surface area (TPSA) is 172 Å². The molecule has 4 aromatic rings. The Morgan fingerprint density at radius 1 is 0.606 bits per heavy atom. The summed E-state index contributed by atoms with van der Waals surface area (Å²) in [6.45, 7) is 0. The second-order valence-electron chi connectivity index (χ2n) is 6.45. The summed E-state index contributed by atoms with van der Waals surface area (Å²) in [6.07, 6.45) is 0. The Morgan fingerprint density at radius 3 is 1.24 bits per heavy atom. The second-order valence-corrected chi connectivity index (χ2v) is 10.6. The molecule has 0 heterocycles. The van der Waals surface area contributed by atoms with Gasteiger partial charge in [-0.05, 0) is 12.1 Å². The van der Waals surface area contributed by atoms with Gasteiger partial charge in [0.25, 0.3) is 30.4 Å². The summed E-state index contributed by atoms with van der Waals surface area (Å²) in [5, 5.41) is 0.0101. The summed E-state index contributed by atoms with van der Waals surface area (Å²) in [5.41, 5.74) is 0. The Balaban J connectivity index is -0.00000181. The van der Waals surface area contributed by atoms with Gasteiger partial charge in [-0.1, -0.05) is 18.2 Å². The molecule has 0 saturated carbocycles. The Hall–Kier alpha value is 0.450. The molecule has 0 spiro atoms. The predicted molar refractivity (Wildman–Crippen MR) is 109 cm³/mol. The van der Waals surface area contributed by atoms with E-state index in [1.165, 1.54) is 31.4 Å². The van der Waals surface area contributed by atoms with Crippen LogP contribution in [-0.2, 0) is 30.4 Å². The van der Waals surface area contributed by atoms with Crippen molar-refractivity contribution in [2.24, 2.45) is 0 Å². The summed E-state index contributed by atoms with van der Waals surface area (Å²) >= 11 is 0. The van der Waals surface area contributed by atoms with E-state index >= 15 is 0 Å². The number of rotatable bonds is 4. The molecule has 0 amide bonds. The van der Waals surface area contributed by atoms with Gasteiger partial charge in [-0.15, -0.1) is 0 Å². The summed E-state index contributed by atoms with van der Waals surface area (Å²) < 4.78 is 106. The van der Waals surface area contributed by atoms with Gasteiger partial charge < -0.3 is 9.02 Å². The fourth-order valence-electron chi connectivity index (χ4n) is 3.68. The van der Waals surface area contributed by atoms with Crippen molar-refractivity contribution in [3.05, 3.63) is 36.4 Å². The van der Waals surface area contributed by atoms with E-state index in [-0.39, 0.29) is 131 Å². The van der Waals surface area contributed by atoms with Crippen LogP contribution in [0.5, 0.6) is 5.75 Å². The van der Waals surface area contributed by atoms with E-state index < -0.39 is 45.0 Å². The number of methoxy groups -OCH3 is 1. The van der Waals surface area contributed by atoms with E-state index in [2.05, 4.69) is 0 Å². The Bertz CT molecular complexity index is 1660. The molecule has 164 valence electrons. The summed E-state index contributed by atoms with van der Waals surface area (Å²) in [4.78, 5) is -2.14. The average Bonchev–Trinajstić information content (AvgIpc) is 2.62. The molecule has 0 aliphatic carbocycles. The maximum absolute atomic E-state index is 11.9. The minimum atomic E-state index is -4.94. The molecule has 3 N–H and O–H groups in total. The van der Waals surface area contributed by atoms with Crippen molar-refractivity contribution in [1.29, 1.82) is 0 Å². The van der Waals surface area contributed by atoms with E-state index in [4.69, 9.17) is 4.74 Å². The summed E-state index contributed by atoms with van der Waals surface area (Å²) in [6, 6.07) is 6.77. The van der Waals surface area contributed by atoms with Gasteiger partial charge in [-0.2, -0.15) is 25.3 Å². The van der Waals surface area contributed by atoms with E-state index in [0.717, 1.165) is 6.07 Å². The summed E-state index contributed by atoms with van der Waals surface area (Å²) in [5.74, 6) is 0.00943. The van der Waals surface area contributed by atoms with Gasteiger partial charge in [0, 0.05) is 38.4 Å². The molecular weight excluding hydrogens is 529 g/mol. The van der Waals surface area contributed by atoms with E-state index in [9.17, 15) is 38.9 Å². The van der Waals surface area contributed by atoms with Crippen LogP contribution in [0, 0.1) is 0 Å². The van der Waals surface area contributed by atoms with Crippen LogP contribution in [0.1, 0.15) is 4.28 Å². The van der Waals surface area contributed by atoms with Crippen molar-refractivity contribution in [2.45, 2.75) is 14.7 Å². The zero-order valence-corrected chi connectivity index (χ0v) is 26.3. The van der Waals surface area contributed by atoms with Gasteiger partial charge in [-0.25, -0.2) is 0 Å². The maximum atomic E-state index is 11.9. The average molecular weight is 544 g/mol. The van der Waals surface area contributed by atoms with Crippen LogP contribution in [0.4, 0.5) is 0 Å². The molecule has 0 atom stereocenters. The first-order chi connectivity index (χ1) is 13.7. The van der Waals surface area contributed by atoms with Crippen LogP contribution in [-0.4, -0.2) is 46.0 Å². The van der Waals surface area contributed by atoms with Crippen molar-refractivity contribution < 1.29 is 137 Å². The van der Waals surface area contributed by atoms with Crippen LogP contribution < -0.4 is 93.4 Å². The van der Waals surface area contributed by atoms with Crippen LogP contribution in [0.2, 0.25) is 0 Å². The van der Waals surface area contributed by atoms with Crippen molar-refractivity contribution in [3.8, 4) is 5.75 Å². The molecule has 0 radical (unpaired) electrons. The number of ether oxygens (including phenoxy) is 1. The van der Waals surface area contributed by atoms with Gasteiger partial charge >= 0.3 is 88.7 Å². The second kappa shape index (κ2) is 10.4. The van der Waals surface area contributed by atoms with E-state index in [1.807, 2.05) is 0 Å². The zero-order chi connectivity index (χ0) is 22.2. The minimum Gasteiger partial charge on any atom is -1.00 e. The molecule has 16 heteroatoms. The normalized spacial score (nSPS) is 12.2. The van der Waals surface area contributed by atoms with Gasteiger partial charge in [0.2, 0.25) is 0 Å². The van der Waals surface area contributed by atoms with Crippen LogP contribution >= 0.6 is 0 Å². The van der Waals surface area contributed by atoms with Crippen molar-refractivity contribution >= 4 is 62.7 Å². The number of hydrogen-bond acceptors (Lipinski definition) is 7. The van der Waals surface area contributed by atoms with E-state index in [0.29, 0.717) is 6.07 Å². The fraction of sp³-hybridized carbons (Fsp3) is 0.0588. The maximum Gasteiger partial charge on any atom is 1.00 e. The van der Waals surface area contributed by atoms with Crippen molar-refractivity contribution in [3.63, 3.8) is 0 Å². The smallest absolute Gasteiger partial charge is 1.00 e. The SMILES string of the molecule is COc1cc(S(=O)(=O)O)c2ccc3c(S(=O)(=O)O)cc(S(=O)(=O)O)c4ccc1c2c43.[H-].[H-].[H-].[Na+].[Na+].[Na+]. The van der Waals surface area contributed by atoms with Crippen LogP contribution in [0.25, 0.3) is 32.3 Å². The standard InChI is InChI=1S/C17H12O10S3.3Na.3H/c1-27-12-6-13(28(18,19)20)9-4-5-11-15(30(24,25)26)7-14(29(21,22)23)10-3-2-8(12)16(9)17(10)11;;;;;;/h2-7H,1H3,(H,18,19,20)(H,21,22,23)(H,24,25,26);;;;;;/q;3*+1;3*-1. The largest absolute Gasteiger partial charge is 1.00 e. The first-order valence-electron chi connectivity index (χ1n) is 8.00. The molecular formula is C17H15Na3O10S3. The molecule has 4 aromatic carbocycles. The van der Waals surface area contributed by atoms with Crippen LogP contribution in [0.15, 0.2) is 51.1 Å². The Kier molecular flexibility index (Phi) is 9.96. The van der Waals surface area contributed by atoms with Gasteiger partial charge in [0.15, 0.2) is 0 Å². The van der Waals surface area contributed by atoms with E-state index in [1.54, 1.807) is 0 Å². The molecule has 0 fully saturated rings. The molecule has 0 unspecified atom stereocenters. The molecule has 33 heavy (non-hydrogen) atoms. The third-order valence-electron chi connectivity index (χ3n) is 4.80. The third-order valence-corrected chi connectivity index (χ3v) is 7.48. The molecule has 0 aromatic heterocycles. The molecule has 4 rings (SSSR count). The van der Waals surface area contributed by atoms with Gasteiger partial charge in [0.05, 0.1) is 7.11 Å². The van der Waals surface area contributed by atoms with Crippen LogP contribution in [0.3, 0.4) is 0 Å². The molecule has 10 nitrogen and oxygen atoms in total. The first-order valence-corrected chi connectivity index (χ1v) is 12.3. The molecule has 0 aliphatic rings. The zero-order valence-electron chi connectivity index (χ0n) is 20.9. The minimum absolute atomic E-state index is 0. The molecule has 0 aliphatic heterocycles. The number of benzene rings is 4. The first kappa shape index (κ1) is 31.5. The Morgan fingerprint density at radius 2 is 0.909 bits per heavy atom. The molecule has 0 saturated heterocycles. The number of hydrogen-bond donors (Lipinski definition) is 3. The monoisotopic (exact) mass is 544 g/mol. The summed E-state index contributed by atoms with van der Waals surface area (Å²) in [7, 11) is -13.4. The predicted octanol–water partition coefficient (Wildman–Crippen LogP) is -6.32. The van der Waals surface area contributed by atoms with Crippen molar-refractivity contribution in [1.82, 2.24) is 0 Å². The fourth-order valence-corrected chi connectivity index (χ4v) is 5.88. The Labute approximate surface area is 260 Å². The van der Waals surface area contributed by atoms with Gasteiger partial charge in [-0.3, -0.25) is 13.7 Å². The third kappa shape index (κ3) is 5.43. The quantitative estimate of drug-likeness (QED) is 0.127. The van der Waals surface area contributed by atoms with Gasteiger partial charge in [0.1, 0.15) is 20.4 Å².